The summed E-state index contributed by atoms with van der Waals surface area (Å²) in [4.78, 5) is 15.7. The summed E-state index contributed by atoms with van der Waals surface area (Å²) in [6.45, 7) is 3.50. The molecule has 0 atom stereocenters. The molecule has 0 radical (unpaired) electrons. The van der Waals surface area contributed by atoms with Gasteiger partial charge in [0.2, 0.25) is 0 Å². The van der Waals surface area contributed by atoms with Gasteiger partial charge in [0.25, 0.3) is 0 Å². The molecule has 2 heterocycles. The second kappa shape index (κ2) is 8.80. The van der Waals surface area contributed by atoms with Crippen molar-refractivity contribution in [2.45, 2.75) is 13.8 Å². The van der Waals surface area contributed by atoms with Crippen LogP contribution in [0.2, 0.25) is 15.5 Å². The molecule has 0 unspecified atom stereocenters. The molecule has 0 saturated heterocycles. The van der Waals surface area contributed by atoms with Gasteiger partial charge >= 0.3 is 0 Å². The van der Waals surface area contributed by atoms with Crippen LogP contribution in [0, 0.1) is 13.8 Å². The molecule has 0 aliphatic heterocycles. The standard InChI is InChI=1S/C11H10ClN3O.C5H4Cl2N2/c1-7-13-10(12)6-11(14-7)15-8-3-2-4-9(16)5-8;1-3-8-4(6)2-5(7)9-3/h2-6,16H,1H3,(H,13,14,15);2H,1H3. The van der Waals surface area contributed by atoms with E-state index in [1.54, 1.807) is 38.1 Å². The van der Waals surface area contributed by atoms with Crippen molar-refractivity contribution < 1.29 is 5.11 Å². The predicted octanol–water partition coefficient (Wildman–Crippen LogP) is 4.98. The van der Waals surface area contributed by atoms with Gasteiger partial charge in [0.05, 0.1) is 0 Å². The highest BCUT2D eigenvalue weighted by atomic mass is 35.5. The molecule has 2 N–H and O–H groups in total. The van der Waals surface area contributed by atoms with Gasteiger partial charge < -0.3 is 10.4 Å². The van der Waals surface area contributed by atoms with Gasteiger partial charge in [-0.2, -0.15) is 0 Å². The Kier molecular flexibility index (Phi) is 6.75. The quantitative estimate of drug-likeness (QED) is 0.592. The van der Waals surface area contributed by atoms with Crippen LogP contribution in [-0.4, -0.2) is 25.0 Å². The van der Waals surface area contributed by atoms with E-state index < -0.39 is 0 Å². The van der Waals surface area contributed by atoms with Gasteiger partial charge in [-0.15, -0.1) is 0 Å². The molecule has 0 bridgehead atoms. The highest BCUT2D eigenvalue weighted by molar-refractivity contribution is 6.33. The number of hydrogen-bond donors (Lipinski definition) is 2. The second-order valence-corrected chi connectivity index (χ2v) is 6.02. The Morgan fingerprint density at radius 2 is 1.36 bits per heavy atom. The number of phenolic OH excluding ortho intramolecular Hbond substituents is 1. The van der Waals surface area contributed by atoms with Crippen LogP contribution in [0.1, 0.15) is 11.6 Å². The monoisotopic (exact) mass is 397 g/mol. The highest BCUT2D eigenvalue weighted by Gasteiger charge is 2.01. The molecule has 1 aromatic carbocycles. The van der Waals surface area contributed by atoms with Gasteiger partial charge in [-0.3, -0.25) is 0 Å². The van der Waals surface area contributed by atoms with Crippen molar-refractivity contribution in [3.63, 3.8) is 0 Å². The third-order valence-corrected chi connectivity index (χ3v) is 3.28. The van der Waals surface area contributed by atoms with Crippen molar-refractivity contribution in [1.29, 1.82) is 0 Å². The molecule has 3 aromatic rings. The molecule has 0 aliphatic rings. The summed E-state index contributed by atoms with van der Waals surface area (Å²) in [5.41, 5.74) is 0.745. The number of phenols is 1. The van der Waals surface area contributed by atoms with Crippen LogP contribution < -0.4 is 5.32 Å². The lowest BCUT2D eigenvalue weighted by molar-refractivity contribution is 0.475. The van der Waals surface area contributed by atoms with Crippen LogP contribution in [0.4, 0.5) is 11.5 Å². The molecular weight excluding hydrogens is 385 g/mol. The maximum absolute atomic E-state index is 9.30. The first kappa shape index (κ1) is 19.2. The van der Waals surface area contributed by atoms with Gasteiger partial charge in [-0.05, 0) is 26.0 Å². The van der Waals surface area contributed by atoms with E-state index in [1.807, 2.05) is 6.07 Å². The first-order valence-corrected chi connectivity index (χ1v) is 8.19. The van der Waals surface area contributed by atoms with E-state index in [4.69, 9.17) is 34.8 Å². The van der Waals surface area contributed by atoms with Crippen LogP contribution in [0.3, 0.4) is 0 Å². The zero-order valence-corrected chi connectivity index (χ0v) is 15.6. The van der Waals surface area contributed by atoms with Crippen molar-refractivity contribution in [2.75, 3.05) is 5.32 Å². The lowest BCUT2D eigenvalue weighted by atomic mass is 10.3. The summed E-state index contributed by atoms with van der Waals surface area (Å²) in [7, 11) is 0. The van der Waals surface area contributed by atoms with Crippen LogP contribution in [0.15, 0.2) is 36.4 Å². The number of rotatable bonds is 2. The van der Waals surface area contributed by atoms with Crippen LogP contribution in [0.25, 0.3) is 0 Å². The van der Waals surface area contributed by atoms with Gasteiger partial charge in [0.15, 0.2) is 0 Å². The van der Waals surface area contributed by atoms with Crippen LogP contribution in [0.5, 0.6) is 5.75 Å². The van der Waals surface area contributed by atoms with E-state index in [1.165, 1.54) is 6.07 Å². The summed E-state index contributed by atoms with van der Waals surface area (Å²) in [6.07, 6.45) is 0. The number of halogens is 3. The number of benzene rings is 1. The lowest BCUT2D eigenvalue weighted by Crippen LogP contribution is -1.96. The molecule has 130 valence electrons. The van der Waals surface area contributed by atoms with E-state index >= 15 is 0 Å². The van der Waals surface area contributed by atoms with Gasteiger partial charge in [-0.1, -0.05) is 40.9 Å². The minimum absolute atomic E-state index is 0.196. The summed E-state index contributed by atoms with van der Waals surface area (Å²) in [6, 6.07) is 9.89. The Hall–Kier alpha value is -2.15. The average Bonchev–Trinajstić information content (AvgIpc) is 2.45. The molecular formula is C16H14Cl3N5O. The van der Waals surface area contributed by atoms with Crippen LogP contribution in [-0.2, 0) is 0 Å². The fourth-order valence-corrected chi connectivity index (χ4v) is 2.56. The first-order valence-electron chi connectivity index (χ1n) is 7.06. The Bertz CT molecular complexity index is 805. The zero-order chi connectivity index (χ0) is 18.4. The number of aryl methyl sites for hydroxylation is 2. The van der Waals surface area contributed by atoms with Gasteiger partial charge in [0.1, 0.15) is 38.7 Å². The largest absolute Gasteiger partial charge is 0.508 e. The summed E-state index contributed by atoms with van der Waals surface area (Å²) < 4.78 is 0. The third kappa shape index (κ3) is 6.70. The molecule has 25 heavy (non-hydrogen) atoms. The van der Waals surface area contributed by atoms with Crippen molar-refractivity contribution >= 4 is 46.3 Å². The SMILES string of the molecule is Cc1nc(Cl)cc(Cl)n1.Cc1nc(Cl)cc(Nc2cccc(O)c2)n1. The Labute approximate surface area is 159 Å². The number of aromatic hydroxyl groups is 1. The molecule has 0 spiro atoms. The van der Waals surface area contributed by atoms with E-state index in [2.05, 4.69) is 25.3 Å². The summed E-state index contributed by atoms with van der Waals surface area (Å²) in [5, 5.41) is 13.5. The van der Waals surface area contributed by atoms with Crippen molar-refractivity contribution in [1.82, 2.24) is 19.9 Å². The predicted molar refractivity (Wildman–Crippen MR) is 100.0 cm³/mol. The summed E-state index contributed by atoms with van der Waals surface area (Å²) in [5.74, 6) is 1.98. The van der Waals surface area contributed by atoms with Crippen molar-refractivity contribution in [3.8, 4) is 5.75 Å². The lowest BCUT2D eigenvalue weighted by Gasteiger charge is -2.06. The number of nitrogens with one attached hydrogen (secondary N) is 1. The third-order valence-electron chi connectivity index (χ3n) is 2.70. The molecule has 3 rings (SSSR count). The number of aromatic nitrogens is 4. The molecule has 0 aliphatic carbocycles. The number of anilines is 2. The van der Waals surface area contributed by atoms with E-state index in [0.717, 1.165) is 5.69 Å². The Morgan fingerprint density at radius 1 is 0.800 bits per heavy atom. The number of nitrogens with zero attached hydrogens (tertiary/aromatic N) is 4. The van der Waals surface area contributed by atoms with Gasteiger partial charge in [0, 0.05) is 23.9 Å². The fourth-order valence-electron chi connectivity index (χ4n) is 1.82. The van der Waals surface area contributed by atoms with Crippen molar-refractivity contribution in [2.24, 2.45) is 0 Å². The highest BCUT2D eigenvalue weighted by Crippen LogP contribution is 2.20. The number of hydrogen-bond acceptors (Lipinski definition) is 6. The first-order chi connectivity index (χ1) is 11.8. The molecule has 9 heteroatoms. The maximum Gasteiger partial charge on any atom is 0.135 e. The fraction of sp³-hybridized carbons (Fsp3) is 0.125. The molecule has 2 aromatic heterocycles. The van der Waals surface area contributed by atoms with Crippen LogP contribution >= 0.6 is 34.8 Å². The second-order valence-electron chi connectivity index (χ2n) is 4.86. The zero-order valence-electron chi connectivity index (χ0n) is 13.3. The minimum atomic E-state index is 0.196. The average molecular weight is 399 g/mol. The Morgan fingerprint density at radius 3 is 1.88 bits per heavy atom. The van der Waals surface area contributed by atoms with Crippen molar-refractivity contribution in [3.05, 3.63) is 63.5 Å². The normalized spacial score (nSPS) is 9.96. The molecule has 0 amide bonds. The molecule has 0 fully saturated rings. The minimum Gasteiger partial charge on any atom is -0.508 e. The van der Waals surface area contributed by atoms with Gasteiger partial charge in [-0.25, -0.2) is 19.9 Å². The summed E-state index contributed by atoms with van der Waals surface area (Å²) >= 11 is 16.8. The Balaban J connectivity index is 0.000000212. The van der Waals surface area contributed by atoms with E-state index in [0.29, 0.717) is 32.9 Å². The maximum atomic E-state index is 9.30. The topological polar surface area (TPSA) is 83.8 Å². The van der Waals surface area contributed by atoms with E-state index in [9.17, 15) is 5.11 Å². The van der Waals surface area contributed by atoms with E-state index in [-0.39, 0.29) is 5.75 Å². The molecule has 0 saturated carbocycles. The smallest absolute Gasteiger partial charge is 0.135 e. The molecule has 6 nitrogen and oxygen atoms in total.